The lowest BCUT2D eigenvalue weighted by Gasteiger charge is -2.17. The Balaban J connectivity index is 1.61. The predicted molar refractivity (Wildman–Crippen MR) is 123 cm³/mol. The minimum absolute atomic E-state index is 0.0568. The van der Waals surface area contributed by atoms with Gasteiger partial charge in [0.1, 0.15) is 17.7 Å². The van der Waals surface area contributed by atoms with Crippen LogP contribution in [0.25, 0.3) is 10.9 Å². The van der Waals surface area contributed by atoms with Gasteiger partial charge in [0.2, 0.25) is 5.88 Å². The fourth-order valence-corrected chi connectivity index (χ4v) is 3.95. The molecule has 2 aromatic heterocycles. The summed E-state index contributed by atoms with van der Waals surface area (Å²) in [7, 11) is 0. The highest BCUT2D eigenvalue weighted by atomic mass is 32.2. The molecule has 9 heteroatoms. The number of pyridine rings is 2. The lowest BCUT2D eigenvalue weighted by Crippen LogP contribution is -2.33. The lowest BCUT2D eigenvalue weighted by atomic mass is 10.1. The van der Waals surface area contributed by atoms with Gasteiger partial charge in [-0.1, -0.05) is 24.1 Å². The van der Waals surface area contributed by atoms with Gasteiger partial charge >= 0.3 is 0 Å². The molecule has 4 rings (SSSR count). The molecular formula is C23H23N5O3S. The molecule has 0 radical (unpaired) electrons. The number of nitrogens with one attached hydrogen (secondary N) is 1. The summed E-state index contributed by atoms with van der Waals surface area (Å²) < 4.78 is 7.40. The fraction of sp³-hybridized carbons (Fsp3) is 0.304. The van der Waals surface area contributed by atoms with E-state index in [1.807, 2.05) is 6.92 Å². The molecule has 0 atom stereocenters. The number of hydrogen-bond donors (Lipinski definition) is 2. The zero-order valence-electron chi connectivity index (χ0n) is 17.6. The zero-order valence-corrected chi connectivity index (χ0v) is 18.4. The minimum atomic E-state index is -0.459. The summed E-state index contributed by atoms with van der Waals surface area (Å²) in [6.45, 7) is 2.88. The van der Waals surface area contributed by atoms with Crippen LogP contribution in [0, 0.1) is 11.3 Å². The summed E-state index contributed by atoms with van der Waals surface area (Å²) in [4.78, 5) is 30.3. The van der Waals surface area contributed by atoms with Crippen LogP contribution in [-0.4, -0.2) is 26.8 Å². The molecule has 3 N–H and O–H groups in total. The van der Waals surface area contributed by atoms with Crippen LogP contribution in [0.4, 0.5) is 0 Å². The first kappa shape index (κ1) is 21.9. The Hall–Kier alpha value is -3.35. The van der Waals surface area contributed by atoms with Crippen LogP contribution in [0.3, 0.4) is 0 Å². The van der Waals surface area contributed by atoms with Crippen LogP contribution in [-0.2, 0) is 13.1 Å². The number of carbonyl (C=O) groups excluding carboxylic acids is 1. The molecule has 0 aliphatic heterocycles. The topological polar surface area (TPSA) is 123 Å². The number of benzene rings is 1. The third-order valence-corrected chi connectivity index (χ3v) is 6.62. The van der Waals surface area contributed by atoms with Crippen LogP contribution < -0.4 is 20.8 Å². The Kier molecular flexibility index (Phi) is 6.17. The molecule has 164 valence electrons. The van der Waals surface area contributed by atoms with Crippen molar-refractivity contribution >= 4 is 28.8 Å². The van der Waals surface area contributed by atoms with E-state index in [-0.39, 0.29) is 16.9 Å². The summed E-state index contributed by atoms with van der Waals surface area (Å²) in [5.74, 6) is -0.0921. The Morgan fingerprint density at radius 2 is 2.09 bits per heavy atom. The van der Waals surface area contributed by atoms with Crippen molar-refractivity contribution in [3.05, 3.63) is 69.6 Å². The monoisotopic (exact) mass is 449 g/mol. The molecule has 1 aliphatic carbocycles. The van der Waals surface area contributed by atoms with Gasteiger partial charge in [-0.2, -0.15) is 5.26 Å². The van der Waals surface area contributed by atoms with E-state index in [0.29, 0.717) is 35.5 Å². The Bertz CT molecular complexity index is 1260. The Labute approximate surface area is 189 Å². The second-order valence-corrected chi connectivity index (χ2v) is 8.84. The first-order valence-electron chi connectivity index (χ1n) is 10.3. The van der Waals surface area contributed by atoms with Gasteiger partial charge in [0.25, 0.3) is 11.5 Å². The number of nitrogens with two attached hydrogens (primary N) is 1. The molecule has 1 amide bonds. The Morgan fingerprint density at radius 1 is 1.34 bits per heavy atom. The van der Waals surface area contributed by atoms with E-state index < -0.39 is 11.5 Å². The van der Waals surface area contributed by atoms with Crippen LogP contribution in [0.5, 0.6) is 5.88 Å². The van der Waals surface area contributed by atoms with Gasteiger partial charge in [-0.15, -0.1) is 0 Å². The fourth-order valence-electron chi connectivity index (χ4n) is 3.48. The van der Waals surface area contributed by atoms with Gasteiger partial charge in [0.05, 0.1) is 16.4 Å². The van der Waals surface area contributed by atoms with Crippen molar-refractivity contribution < 1.29 is 9.53 Å². The van der Waals surface area contributed by atoms with E-state index in [4.69, 9.17) is 15.1 Å². The van der Waals surface area contributed by atoms with Crippen molar-refractivity contribution in [3.8, 4) is 11.9 Å². The van der Waals surface area contributed by atoms with Gasteiger partial charge in [0, 0.05) is 24.7 Å². The number of rotatable bonds is 8. The molecule has 1 aliphatic rings. The van der Waals surface area contributed by atoms with Crippen LogP contribution in [0.2, 0.25) is 0 Å². The highest BCUT2D eigenvalue weighted by molar-refractivity contribution is 7.98. The van der Waals surface area contributed by atoms with E-state index in [1.54, 1.807) is 42.6 Å². The maximum atomic E-state index is 13.1. The maximum Gasteiger partial charge on any atom is 0.264 e. The molecule has 0 bridgehead atoms. The number of amides is 1. The number of fused-ring (bicyclic) bond motifs is 1. The summed E-state index contributed by atoms with van der Waals surface area (Å²) in [6, 6.07) is 12.3. The van der Waals surface area contributed by atoms with Crippen molar-refractivity contribution in [2.45, 2.75) is 37.6 Å². The quantitative estimate of drug-likeness (QED) is 0.507. The summed E-state index contributed by atoms with van der Waals surface area (Å²) in [6.07, 6.45) is 3.59. The maximum absolute atomic E-state index is 13.1. The largest absolute Gasteiger partial charge is 0.475 e. The lowest BCUT2D eigenvalue weighted by molar-refractivity contribution is 0.0949. The summed E-state index contributed by atoms with van der Waals surface area (Å²) >= 11 is 1.30. The molecule has 0 spiro atoms. The molecule has 1 fully saturated rings. The van der Waals surface area contributed by atoms with Crippen molar-refractivity contribution in [3.63, 3.8) is 0 Å². The molecule has 0 saturated heterocycles. The SMILES string of the molecule is CCn1c(=O)c(C(=O)NCc2ccc(C#N)cc2)cc2ccnc(OCC3(SN)CC3)c21. The van der Waals surface area contributed by atoms with Crippen LogP contribution >= 0.6 is 11.9 Å². The first-order chi connectivity index (χ1) is 15.5. The summed E-state index contributed by atoms with van der Waals surface area (Å²) in [5.41, 5.74) is 1.61. The van der Waals surface area contributed by atoms with E-state index in [0.717, 1.165) is 18.4 Å². The van der Waals surface area contributed by atoms with Crippen molar-refractivity contribution in [1.82, 2.24) is 14.9 Å². The smallest absolute Gasteiger partial charge is 0.264 e. The number of aromatic nitrogens is 2. The second kappa shape index (κ2) is 9.02. The van der Waals surface area contributed by atoms with E-state index in [2.05, 4.69) is 16.4 Å². The number of nitrogens with zero attached hydrogens (tertiary/aromatic N) is 3. The highest BCUT2D eigenvalue weighted by Crippen LogP contribution is 2.46. The Morgan fingerprint density at radius 3 is 2.72 bits per heavy atom. The predicted octanol–water partition coefficient (Wildman–Crippen LogP) is 2.74. The standard InChI is InChI=1S/C23H23N5O3S/c1-2-28-19-17(7-10-26-21(19)31-14-23(32-25)8-9-23)11-18(22(28)30)20(29)27-13-16-5-3-15(12-24)4-6-16/h3-7,10-11H,2,8-9,13-14,25H2,1H3,(H,27,29). The summed E-state index contributed by atoms with van der Waals surface area (Å²) in [5, 5.41) is 18.1. The van der Waals surface area contributed by atoms with Gasteiger partial charge < -0.3 is 14.6 Å². The zero-order chi connectivity index (χ0) is 22.7. The van der Waals surface area contributed by atoms with E-state index >= 15 is 0 Å². The number of hydrogen-bond acceptors (Lipinski definition) is 7. The molecule has 0 unspecified atom stereocenters. The molecule has 1 aromatic carbocycles. The molecule has 2 heterocycles. The van der Waals surface area contributed by atoms with Crippen molar-refractivity contribution in [1.29, 1.82) is 5.26 Å². The van der Waals surface area contributed by atoms with Crippen LogP contribution in [0.15, 0.2) is 47.4 Å². The third kappa shape index (κ3) is 4.33. The van der Waals surface area contributed by atoms with Gasteiger partial charge in [0.15, 0.2) is 0 Å². The molecule has 32 heavy (non-hydrogen) atoms. The first-order valence-corrected chi connectivity index (χ1v) is 11.2. The van der Waals surface area contributed by atoms with Gasteiger partial charge in [-0.3, -0.25) is 14.7 Å². The number of nitriles is 1. The molecular weight excluding hydrogens is 426 g/mol. The average Bonchev–Trinajstić information content (AvgIpc) is 3.61. The molecule has 3 aromatic rings. The molecule has 8 nitrogen and oxygen atoms in total. The number of aryl methyl sites for hydroxylation is 1. The normalized spacial score (nSPS) is 14.0. The van der Waals surface area contributed by atoms with Gasteiger partial charge in [-0.25, -0.2) is 4.98 Å². The number of carbonyl (C=O) groups is 1. The van der Waals surface area contributed by atoms with E-state index in [9.17, 15) is 9.59 Å². The minimum Gasteiger partial charge on any atom is -0.475 e. The van der Waals surface area contributed by atoms with Crippen LogP contribution in [0.1, 0.15) is 41.3 Å². The van der Waals surface area contributed by atoms with Gasteiger partial charge in [-0.05, 0) is 49.6 Å². The number of ether oxygens (including phenoxy) is 1. The van der Waals surface area contributed by atoms with Crippen molar-refractivity contribution in [2.75, 3.05) is 6.61 Å². The molecule has 1 saturated carbocycles. The highest BCUT2D eigenvalue weighted by Gasteiger charge is 2.44. The average molecular weight is 450 g/mol. The second-order valence-electron chi connectivity index (χ2n) is 7.74. The van der Waals surface area contributed by atoms with Crippen molar-refractivity contribution in [2.24, 2.45) is 5.14 Å². The van der Waals surface area contributed by atoms with E-state index in [1.165, 1.54) is 16.5 Å². The third-order valence-electron chi connectivity index (χ3n) is 5.59.